The van der Waals surface area contributed by atoms with Crippen LogP contribution in [-0.2, 0) is 0 Å². The van der Waals surface area contributed by atoms with E-state index < -0.39 is 0 Å². The first-order valence-electron chi connectivity index (χ1n) is 7.42. The molecule has 0 aromatic heterocycles. The number of hydrogen-bond donors (Lipinski definition) is 2. The van der Waals surface area contributed by atoms with Crippen LogP contribution in [0.25, 0.3) is 0 Å². The number of hydrogen-bond acceptors (Lipinski definition) is 2. The van der Waals surface area contributed by atoms with Crippen molar-refractivity contribution in [1.29, 1.82) is 0 Å². The molecule has 0 amide bonds. The fourth-order valence-electron chi connectivity index (χ4n) is 1.96. The van der Waals surface area contributed by atoms with Gasteiger partial charge in [-0.3, -0.25) is 5.32 Å². The SMILES string of the molecule is C=CC(N)NCCCCCCCCCCCC. The molecular formula is C15H32N2. The Morgan fingerprint density at radius 2 is 1.41 bits per heavy atom. The summed E-state index contributed by atoms with van der Waals surface area (Å²) in [4.78, 5) is 0. The third-order valence-corrected chi connectivity index (χ3v) is 3.16. The van der Waals surface area contributed by atoms with E-state index in [-0.39, 0.29) is 6.17 Å². The number of nitrogens with one attached hydrogen (secondary N) is 1. The highest BCUT2D eigenvalue weighted by Crippen LogP contribution is 2.10. The van der Waals surface area contributed by atoms with Crippen LogP contribution in [0.1, 0.15) is 71.1 Å². The first kappa shape index (κ1) is 16.7. The van der Waals surface area contributed by atoms with Crippen molar-refractivity contribution < 1.29 is 0 Å². The van der Waals surface area contributed by atoms with E-state index in [9.17, 15) is 0 Å². The summed E-state index contributed by atoms with van der Waals surface area (Å²) in [6.45, 7) is 6.93. The van der Waals surface area contributed by atoms with Gasteiger partial charge in [0.25, 0.3) is 0 Å². The van der Waals surface area contributed by atoms with E-state index in [0.717, 1.165) is 6.54 Å². The molecule has 0 saturated heterocycles. The molecular weight excluding hydrogens is 208 g/mol. The largest absolute Gasteiger partial charge is 0.313 e. The van der Waals surface area contributed by atoms with Crippen molar-refractivity contribution in [1.82, 2.24) is 5.32 Å². The van der Waals surface area contributed by atoms with Crippen molar-refractivity contribution in [2.45, 2.75) is 77.3 Å². The summed E-state index contributed by atoms with van der Waals surface area (Å²) in [5.74, 6) is 0. The molecule has 0 aromatic carbocycles. The minimum Gasteiger partial charge on any atom is -0.313 e. The average molecular weight is 240 g/mol. The molecule has 0 spiro atoms. The fraction of sp³-hybridized carbons (Fsp3) is 0.867. The Kier molecular flexibility index (Phi) is 13.4. The Balaban J connectivity index is 2.96. The van der Waals surface area contributed by atoms with E-state index >= 15 is 0 Å². The Hall–Kier alpha value is -0.340. The predicted molar refractivity (Wildman–Crippen MR) is 78.0 cm³/mol. The van der Waals surface area contributed by atoms with Crippen molar-refractivity contribution in [3.63, 3.8) is 0 Å². The molecule has 0 aliphatic carbocycles. The van der Waals surface area contributed by atoms with Gasteiger partial charge >= 0.3 is 0 Å². The van der Waals surface area contributed by atoms with Crippen molar-refractivity contribution in [2.75, 3.05) is 6.54 Å². The third kappa shape index (κ3) is 13.6. The molecule has 2 heteroatoms. The Morgan fingerprint density at radius 1 is 0.941 bits per heavy atom. The molecule has 0 fully saturated rings. The van der Waals surface area contributed by atoms with E-state index in [1.807, 2.05) is 0 Å². The molecule has 0 aliphatic heterocycles. The van der Waals surface area contributed by atoms with Gasteiger partial charge in [-0.15, -0.1) is 6.58 Å². The summed E-state index contributed by atoms with van der Waals surface area (Å²) >= 11 is 0. The van der Waals surface area contributed by atoms with Crippen LogP contribution in [0.5, 0.6) is 0 Å². The second kappa shape index (κ2) is 13.7. The van der Waals surface area contributed by atoms with Gasteiger partial charge in [-0.25, -0.2) is 0 Å². The molecule has 1 atom stereocenters. The molecule has 0 saturated carbocycles. The Morgan fingerprint density at radius 3 is 1.88 bits per heavy atom. The zero-order valence-electron chi connectivity index (χ0n) is 11.7. The van der Waals surface area contributed by atoms with Crippen molar-refractivity contribution in [3.05, 3.63) is 12.7 Å². The maximum absolute atomic E-state index is 5.66. The highest BCUT2D eigenvalue weighted by molar-refractivity contribution is 4.79. The molecule has 17 heavy (non-hydrogen) atoms. The van der Waals surface area contributed by atoms with Gasteiger partial charge in [0.2, 0.25) is 0 Å². The molecule has 0 radical (unpaired) electrons. The van der Waals surface area contributed by atoms with Gasteiger partial charge in [0.15, 0.2) is 0 Å². The summed E-state index contributed by atoms with van der Waals surface area (Å²) in [7, 11) is 0. The number of unbranched alkanes of at least 4 members (excludes halogenated alkanes) is 9. The van der Waals surface area contributed by atoms with Gasteiger partial charge in [0.05, 0.1) is 6.17 Å². The lowest BCUT2D eigenvalue weighted by Crippen LogP contribution is -2.35. The van der Waals surface area contributed by atoms with Crippen molar-refractivity contribution >= 4 is 0 Å². The maximum Gasteiger partial charge on any atom is 0.0736 e. The molecule has 3 N–H and O–H groups in total. The van der Waals surface area contributed by atoms with Gasteiger partial charge < -0.3 is 5.73 Å². The van der Waals surface area contributed by atoms with Crippen molar-refractivity contribution in [2.24, 2.45) is 5.73 Å². The smallest absolute Gasteiger partial charge is 0.0736 e. The quantitative estimate of drug-likeness (QED) is 0.290. The van der Waals surface area contributed by atoms with Crippen LogP contribution < -0.4 is 11.1 Å². The molecule has 102 valence electrons. The lowest BCUT2D eigenvalue weighted by molar-refractivity contribution is 0.531. The molecule has 2 nitrogen and oxygen atoms in total. The number of rotatable bonds is 13. The van der Waals surface area contributed by atoms with Crippen LogP contribution in [0.2, 0.25) is 0 Å². The third-order valence-electron chi connectivity index (χ3n) is 3.16. The molecule has 0 aromatic rings. The Labute approximate surface area is 108 Å². The summed E-state index contributed by atoms with van der Waals surface area (Å²) in [5.41, 5.74) is 5.66. The van der Waals surface area contributed by atoms with Gasteiger partial charge in [0.1, 0.15) is 0 Å². The van der Waals surface area contributed by atoms with Crippen LogP contribution >= 0.6 is 0 Å². The monoisotopic (exact) mass is 240 g/mol. The number of nitrogens with two attached hydrogens (primary N) is 1. The molecule has 0 aliphatic rings. The minimum atomic E-state index is -0.0337. The van der Waals surface area contributed by atoms with E-state index in [4.69, 9.17) is 5.73 Å². The minimum absolute atomic E-state index is 0.0337. The lowest BCUT2D eigenvalue weighted by atomic mass is 10.1. The highest BCUT2D eigenvalue weighted by atomic mass is 15.0. The first-order valence-corrected chi connectivity index (χ1v) is 7.42. The molecule has 0 bridgehead atoms. The van der Waals surface area contributed by atoms with Crippen LogP contribution in [0.15, 0.2) is 12.7 Å². The standard InChI is InChI=1S/C15H32N2/c1-3-5-6-7-8-9-10-11-12-13-14-17-15(16)4-2/h4,15,17H,2-3,5-14,16H2,1H3. The van der Waals surface area contributed by atoms with Gasteiger partial charge in [0, 0.05) is 0 Å². The van der Waals surface area contributed by atoms with Gasteiger partial charge in [-0.2, -0.15) is 0 Å². The van der Waals surface area contributed by atoms with Crippen LogP contribution in [0.3, 0.4) is 0 Å². The lowest BCUT2D eigenvalue weighted by Gasteiger charge is -2.08. The summed E-state index contributed by atoms with van der Waals surface area (Å²) in [5, 5.41) is 3.22. The predicted octanol–water partition coefficient (Wildman–Crippen LogP) is 3.97. The summed E-state index contributed by atoms with van der Waals surface area (Å²) < 4.78 is 0. The fourth-order valence-corrected chi connectivity index (χ4v) is 1.96. The summed E-state index contributed by atoms with van der Waals surface area (Å²) in [6.07, 6.45) is 15.5. The van der Waals surface area contributed by atoms with Crippen LogP contribution in [-0.4, -0.2) is 12.7 Å². The van der Waals surface area contributed by atoms with E-state index in [1.54, 1.807) is 6.08 Å². The van der Waals surface area contributed by atoms with Gasteiger partial charge in [-0.1, -0.05) is 70.8 Å². The summed E-state index contributed by atoms with van der Waals surface area (Å²) in [6, 6.07) is 0. The second-order valence-corrected chi connectivity index (χ2v) is 4.90. The van der Waals surface area contributed by atoms with E-state index in [2.05, 4.69) is 18.8 Å². The van der Waals surface area contributed by atoms with E-state index in [1.165, 1.54) is 64.2 Å². The van der Waals surface area contributed by atoms with Crippen molar-refractivity contribution in [3.8, 4) is 0 Å². The second-order valence-electron chi connectivity index (χ2n) is 4.90. The van der Waals surface area contributed by atoms with Crippen LogP contribution in [0, 0.1) is 0 Å². The molecule has 0 rings (SSSR count). The molecule has 1 unspecified atom stereocenters. The highest BCUT2D eigenvalue weighted by Gasteiger charge is 1.95. The molecule has 0 heterocycles. The van der Waals surface area contributed by atoms with Crippen LogP contribution in [0.4, 0.5) is 0 Å². The zero-order chi connectivity index (χ0) is 12.8. The topological polar surface area (TPSA) is 38.0 Å². The van der Waals surface area contributed by atoms with Gasteiger partial charge in [-0.05, 0) is 13.0 Å². The zero-order valence-corrected chi connectivity index (χ0v) is 11.7. The Bertz CT molecular complexity index is 157. The maximum atomic E-state index is 5.66. The van der Waals surface area contributed by atoms with E-state index in [0.29, 0.717) is 0 Å². The normalized spacial score (nSPS) is 12.6. The average Bonchev–Trinajstić information content (AvgIpc) is 2.35. The first-order chi connectivity index (χ1) is 8.31.